The highest BCUT2D eigenvalue weighted by Crippen LogP contribution is 2.20. The van der Waals surface area contributed by atoms with Crippen molar-refractivity contribution in [3.8, 4) is 11.4 Å². The first-order chi connectivity index (χ1) is 10.4. The lowest BCUT2D eigenvalue weighted by Gasteiger charge is -2.12. The summed E-state index contributed by atoms with van der Waals surface area (Å²) >= 11 is 0. The maximum Gasteiger partial charge on any atom is 0.155 e. The van der Waals surface area contributed by atoms with E-state index < -0.39 is 0 Å². The number of nitrogens with zero attached hydrogens (tertiary/aromatic N) is 4. The van der Waals surface area contributed by atoms with Crippen molar-refractivity contribution >= 4 is 11.5 Å². The van der Waals surface area contributed by atoms with Crippen molar-refractivity contribution < 1.29 is 0 Å². The Bertz CT molecular complexity index is 759. The number of pyridine rings is 1. The Hall–Kier alpha value is -2.47. The van der Waals surface area contributed by atoms with Gasteiger partial charge in [0.05, 0.1) is 23.8 Å². The molecule has 1 aliphatic rings. The lowest BCUT2D eigenvalue weighted by atomic mass is 10.2. The first-order valence-electron chi connectivity index (χ1n) is 7.12. The topological polar surface area (TPSA) is 67.1 Å². The summed E-state index contributed by atoms with van der Waals surface area (Å²) in [6.45, 7) is 2.06. The first-order valence-corrected chi connectivity index (χ1v) is 7.12. The molecule has 2 N–H and O–H groups in total. The van der Waals surface area contributed by atoms with Crippen LogP contribution in [0.15, 0.2) is 43.0 Å². The third-order valence-electron chi connectivity index (χ3n) is 3.74. The molecule has 0 spiro atoms. The van der Waals surface area contributed by atoms with Gasteiger partial charge in [-0.1, -0.05) is 6.07 Å². The molecule has 6 nitrogen and oxygen atoms in total. The van der Waals surface area contributed by atoms with Crippen LogP contribution in [0.5, 0.6) is 0 Å². The molecule has 4 rings (SSSR count). The van der Waals surface area contributed by atoms with E-state index in [-0.39, 0.29) is 0 Å². The third-order valence-corrected chi connectivity index (χ3v) is 3.74. The molecule has 0 aliphatic carbocycles. The van der Waals surface area contributed by atoms with Crippen LogP contribution in [0.3, 0.4) is 0 Å². The fraction of sp³-hybridized carbons (Fsp3) is 0.267. The van der Waals surface area contributed by atoms with E-state index in [9.17, 15) is 0 Å². The number of fused-ring (bicyclic) bond motifs is 1. The monoisotopic (exact) mass is 280 g/mol. The van der Waals surface area contributed by atoms with E-state index in [0.29, 0.717) is 6.04 Å². The van der Waals surface area contributed by atoms with Gasteiger partial charge in [-0.2, -0.15) is 0 Å². The summed E-state index contributed by atoms with van der Waals surface area (Å²) in [6, 6.07) is 6.49. The zero-order valence-corrected chi connectivity index (χ0v) is 11.5. The molecule has 1 fully saturated rings. The average molecular weight is 280 g/mol. The van der Waals surface area contributed by atoms with Crippen molar-refractivity contribution in [2.45, 2.75) is 12.5 Å². The molecule has 21 heavy (non-hydrogen) atoms. The van der Waals surface area contributed by atoms with Crippen LogP contribution in [0.2, 0.25) is 0 Å². The van der Waals surface area contributed by atoms with Crippen molar-refractivity contribution in [3.05, 3.63) is 43.0 Å². The highest BCUT2D eigenvalue weighted by Gasteiger charge is 2.15. The molecular weight excluding hydrogens is 264 g/mol. The summed E-state index contributed by atoms with van der Waals surface area (Å²) < 4.78 is 2.00. The molecule has 0 amide bonds. The van der Waals surface area contributed by atoms with Crippen LogP contribution in [0, 0.1) is 0 Å². The normalized spacial score (nSPS) is 18.2. The van der Waals surface area contributed by atoms with Crippen LogP contribution in [0.4, 0.5) is 5.82 Å². The Morgan fingerprint density at radius 2 is 2.29 bits per heavy atom. The van der Waals surface area contributed by atoms with Gasteiger partial charge >= 0.3 is 0 Å². The molecule has 0 saturated carbocycles. The van der Waals surface area contributed by atoms with Crippen molar-refractivity contribution in [3.63, 3.8) is 0 Å². The summed E-state index contributed by atoms with van der Waals surface area (Å²) in [4.78, 5) is 13.1. The van der Waals surface area contributed by atoms with Crippen LogP contribution < -0.4 is 10.6 Å². The number of aromatic nitrogens is 4. The zero-order chi connectivity index (χ0) is 14.1. The molecule has 3 aromatic heterocycles. The zero-order valence-electron chi connectivity index (χ0n) is 11.5. The number of hydrogen-bond donors (Lipinski definition) is 2. The Morgan fingerprint density at radius 1 is 1.29 bits per heavy atom. The van der Waals surface area contributed by atoms with Gasteiger partial charge in [-0.05, 0) is 25.1 Å². The minimum absolute atomic E-state index is 0.458. The summed E-state index contributed by atoms with van der Waals surface area (Å²) in [5, 5.41) is 6.82. The Kier molecular flexibility index (Phi) is 3.01. The largest absolute Gasteiger partial charge is 0.366 e. The van der Waals surface area contributed by atoms with Gasteiger partial charge in [-0.3, -0.25) is 9.38 Å². The fourth-order valence-electron chi connectivity index (χ4n) is 2.68. The van der Waals surface area contributed by atoms with Gasteiger partial charge in [0.2, 0.25) is 0 Å². The van der Waals surface area contributed by atoms with Gasteiger partial charge in [0.1, 0.15) is 5.82 Å². The van der Waals surface area contributed by atoms with Gasteiger partial charge < -0.3 is 10.6 Å². The summed E-state index contributed by atoms with van der Waals surface area (Å²) in [5.41, 5.74) is 2.71. The highest BCUT2D eigenvalue weighted by molar-refractivity contribution is 5.61. The highest BCUT2D eigenvalue weighted by atomic mass is 15.1. The smallest absolute Gasteiger partial charge is 0.155 e. The van der Waals surface area contributed by atoms with Gasteiger partial charge in [-0.25, -0.2) is 9.97 Å². The van der Waals surface area contributed by atoms with Gasteiger partial charge in [0.15, 0.2) is 5.65 Å². The Labute approximate surface area is 122 Å². The number of imidazole rings is 1. The number of nitrogens with one attached hydrogen (secondary N) is 2. The predicted octanol–water partition coefficient (Wildman–Crippen LogP) is 1.57. The molecule has 106 valence electrons. The molecule has 0 aromatic carbocycles. The molecule has 4 heterocycles. The van der Waals surface area contributed by atoms with E-state index in [2.05, 4.69) is 20.6 Å². The van der Waals surface area contributed by atoms with Crippen LogP contribution in [0.25, 0.3) is 17.0 Å². The van der Waals surface area contributed by atoms with Crippen LogP contribution >= 0.6 is 0 Å². The third kappa shape index (κ3) is 2.34. The molecular formula is C15H16N6. The molecule has 3 aromatic rings. The van der Waals surface area contributed by atoms with Crippen LogP contribution in [-0.4, -0.2) is 38.5 Å². The molecule has 6 heteroatoms. The first kappa shape index (κ1) is 12.3. The summed E-state index contributed by atoms with van der Waals surface area (Å²) in [5.74, 6) is 0.908. The number of hydrogen-bond acceptors (Lipinski definition) is 5. The average Bonchev–Trinajstić information content (AvgIpc) is 3.16. The molecule has 1 saturated heterocycles. The standard InChI is InChI=1S/C15H16N6/c1-2-12(13-9-18-15-10-17-6-7-21(13)15)20-14(3-1)19-11-4-5-16-8-11/h1-3,6-7,9-11,16H,4-5,8H2,(H,19,20)/t11-/m1/s1. The van der Waals surface area contributed by atoms with E-state index in [4.69, 9.17) is 4.98 Å². The van der Waals surface area contributed by atoms with Crippen molar-refractivity contribution in [1.29, 1.82) is 0 Å². The van der Waals surface area contributed by atoms with Crippen LogP contribution in [0.1, 0.15) is 6.42 Å². The molecule has 0 radical (unpaired) electrons. The maximum absolute atomic E-state index is 4.71. The van der Waals surface area contributed by atoms with E-state index in [1.807, 2.05) is 35.0 Å². The van der Waals surface area contributed by atoms with E-state index in [0.717, 1.165) is 42.4 Å². The van der Waals surface area contributed by atoms with Crippen molar-refractivity contribution in [2.75, 3.05) is 18.4 Å². The predicted molar refractivity (Wildman–Crippen MR) is 81.1 cm³/mol. The second-order valence-electron chi connectivity index (χ2n) is 5.19. The summed E-state index contributed by atoms with van der Waals surface area (Å²) in [7, 11) is 0. The van der Waals surface area contributed by atoms with Crippen LogP contribution in [-0.2, 0) is 0 Å². The SMILES string of the molecule is c1cc(N[C@@H]2CCNC2)nc(-c2cnc3cnccn23)c1. The van der Waals surface area contributed by atoms with E-state index >= 15 is 0 Å². The lowest BCUT2D eigenvalue weighted by molar-refractivity contribution is 0.788. The summed E-state index contributed by atoms with van der Waals surface area (Å²) in [6.07, 6.45) is 8.37. The van der Waals surface area contributed by atoms with Crippen molar-refractivity contribution in [1.82, 2.24) is 24.7 Å². The number of rotatable bonds is 3. The second-order valence-corrected chi connectivity index (χ2v) is 5.19. The molecule has 1 aliphatic heterocycles. The molecule has 0 bridgehead atoms. The van der Waals surface area contributed by atoms with E-state index in [1.54, 1.807) is 12.4 Å². The molecule has 0 unspecified atom stereocenters. The van der Waals surface area contributed by atoms with Gasteiger partial charge in [0, 0.05) is 25.0 Å². The minimum Gasteiger partial charge on any atom is -0.366 e. The van der Waals surface area contributed by atoms with Crippen molar-refractivity contribution in [2.24, 2.45) is 0 Å². The second kappa shape index (κ2) is 5.14. The minimum atomic E-state index is 0.458. The fourth-order valence-corrected chi connectivity index (χ4v) is 2.68. The molecule has 1 atom stereocenters. The Balaban J connectivity index is 1.68. The van der Waals surface area contributed by atoms with Gasteiger partial charge in [-0.15, -0.1) is 0 Å². The van der Waals surface area contributed by atoms with E-state index in [1.165, 1.54) is 0 Å². The maximum atomic E-state index is 4.71. The van der Waals surface area contributed by atoms with Gasteiger partial charge in [0.25, 0.3) is 0 Å². The lowest BCUT2D eigenvalue weighted by Crippen LogP contribution is -2.22. The number of anilines is 1. The quantitative estimate of drug-likeness (QED) is 0.762. The Morgan fingerprint density at radius 3 is 3.19 bits per heavy atom.